The molecule has 1 heterocycles. The molecule has 21 heavy (non-hydrogen) atoms. The van der Waals surface area contributed by atoms with Crippen LogP contribution in [0.1, 0.15) is 36.8 Å². The Morgan fingerprint density at radius 3 is 2.48 bits per heavy atom. The summed E-state index contributed by atoms with van der Waals surface area (Å²) in [6, 6.07) is 13.8. The van der Waals surface area contributed by atoms with Crippen molar-refractivity contribution in [1.29, 1.82) is 0 Å². The van der Waals surface area contributed by atoms with Crippen molar-refractivity contribution < 1.29 is 0 Å². The zero-order valence-corrected chi connectivity index (χ0v) is 14.1. The monoisotopic (exact) mass is 302 g/mol. The molecule has 0 saturated heterocycles. The van der Waals surface area contributed by atoms with Gasteiger partial charge in [0.15, 0.2) is 0 Å². The average Bonchev–Trinajstić information content (AvgIpc) is 3.04. The summed E-state index contributed by atoms with van der Waals surface area (Å²) in [5.74, 6) is 0. The van der Waals surface area contributed by atoms with Gasteiger partial charge in [-0.05, 0) is 48.5 Å². The first-order valence-electron chi connectivity index (χ1n) is 7.81. The maximum Gasteiger partial charge on any atom is 0.0363 e. The summed E-state index contributed by atoms with van der Waals surface area (Å²) in [7, 11) is 2.17. The lowest BCUT2D eigenvalue weighted by Gasteiger charge is -2.21. The minimum Gasteiger partial charge on any atom is -0.374 e. The fourth-order valence-electron chi connectivity index (χ4n) is 2.57. The van der Waals surface area contributed by atoms with Gasteiger partial charge < -0.3 is 10.2 Å². The Kier molecular flexibility index (Phi) is 6.27. The summed E-state index contributed by atoms with van der Waals surface area (Å²) >= 11 is 1.84. The SMILES string of the molecule is CCNC(CC)c1ccc(N(C)CCc2cccs2)cc1. The molecule has 0 aliphatic carbocycles. The van der Waals surface area contributed by atoms with Crippen molar-refractivity contribution in [2.75, 3.05) is 25.0 Å². The van der Waals surface area contributed by atoms with Crippen LogP contribution < -0.4 is 10.2 Å². The Morgan fingerprint density at radius 2 is 1.90 bits per heavy atom. The second-order valence-electron chi connectivity index (χ2n) is 5.36. The van der Waals surface area contributed by atoms with Crippen LogP contribution in [0.3, 0.4) is 0 Å². The smallest absolute Gasteiger partial charge is 0.0363 e. The van der Waals surface area contributed by atoms with Gasteiger partial charge in [0.2, 0.25) is 0 Å². The zero-order chi connectivity index (χ0) is 15.1. The second kappa shape index (κ2) is 8.20. The van der Waals surface area contributed by atoms with Crippen LogP contribution in [0.25, 0.3) is 0 Å². The number of rotatable bonds is 8. The molecule has 0 amide bonds. The number of anilines is 1. The van der Waals surface area contributed by atoms with E-state index in [-0.39, 0.29) is 0 Å². The quantitative estimate of drug-likeness (QED) is 0.773. The summed E-state index contributed by atoms with van der Waals surface area (Å²) in [5, 5.41) is 5.68. The van der Waals surface area contributed by atoms with E-state index in [1.54, 1.807) is 0 Å². The maximum atomic E-state index is 3.53. The third-order valence-corrected chi connectivity index (χ3v) is 4.80. The highest BCUT2D eigenvalue weighted by atomic mass is 32.1. The van der Waals surface area contributed by atoms with Crippen molar-refractivity contribution in [2.24, 2.45) is 0 Å². The lowest BCUT2D eigenvalue weighted by Crippen LogP contribution is -2.21. The number of nitrogens with one attached hydrogen (secondary N) is 1. The highest BCUT2D eigenvalue weighted by Crippen LogP contribution is 2.21. The summed E-state index contributed by atoms with van der Waals surface area (Å²) in [6.45, 7) is 6.47. The highest BCUT2D eigenvalue weighted by Gasteiger charge is 2.08. The topological polar surface area (TPSA) is 15.3 Å². The number of hydrogen-bond donors (Lipinski definition) is 1. The molecule has 3 heteroatoms. The average molecular weight is 302 g/mol. The number of likely N-dealkylation sites (N-methyl/N-ethyl adjacent to an activating group) is 1. The number of thiophene rings is 1. The summed E-state index contributed by atoms with van der Waals surface area (Å²) in [4.78, 5) is 3.79. The van der Waals surface area contributed by atoms with Crippen molar-refractivity contribution >= 4 is 17.0 Å². The first kappa shape index (κ1) is 16.1. The molecule has 1 aromatic heterocycles. The molecule has 0 radical (unpaired) electrons. The predicted molar refractivity (Wildman–Crippen MR) is 94.4 cm³/mol. The Hall–Kier alpha value is -1.32. The van der Waals surface area contributed by atoms with E-state index >= 15 is 0 Å². The van der Waals surface area contributed by atoms with Crippen LogP contribution >= 0.6 is 11.3 Å². The summed E-state index contributed by atoms with van der Waals surface area (Å²) in [5.41, 5.74) is 2.68. The Bertz CT molecular complexity index is 505. The molecular formula is C18H26N2S. The maximum absolute atomic E-state index is 3.53. The Balaban J connectivity index is 1.94. The molecule has 1 atom stereocenters. The van der Waals surface area contributed by atoms with Gasteiger partial charge in [0.25, 0.3) is 0 Å². The number of nitrogens with zero attached hydrogens (tertiary/aromatic N) is 1. The Morgan fingerprint density at radius 1 is 1.14 bits per heavy atom. The summed E-state index contributed by atoms with van der Waals surface area (Å²) in [6.07, 6.45) is 2.24. The van der Waals surface area contributed by atoms with Crippen LogP contribution in [0, 0.1) is 0 Å². The minimum atomic E-state index is 0.473. The van der Waals surface area contributed by atoms with Crippen LogP contribution in [0.2, 0.25) is 0 Å². The van der Waals surface area contributed by atoms with E-state index in [1.165, 1.54) is 16.1 Å². The van der Waals surface area contributed by atoms with E-state index in [1.807, 2.05) is 11.3 Å². The van der Waals surface area contributed by atoms with E-state index in [0.29, 0.717) is 6.04 Å². The van der Waals surface area contributed by atoms with Gasteiger partial charge in [-0.15, -0.1) is 11.3 Å². The molecule has 0 aliphatic heterocycles. The van der Waals surface area contributed by atoms with Gasteiger partial charge >= 0.3 is 0 Å². The molecule has 0 bridgehead atoms. The normalized spacial score (nSPS) is 12.3. The van der Waals surface area contributed by atoms with Crippen molar-refractivity contribution in [2.45, 2.75) is 32.7 Å². The van der Waals surface area contributed by atoms with E-state index in [4.69, 9.17) is 0 Å². The second-order valence-corrected chi connectivity index (χ2v) is 6.39. The first-order chi connectivity index (χ1) is 10.2. The van der Waals surface area contributed by atoms with Crippen LogP contribution in [-0.2, 0) is 6.42 Å². The number of hydrogen-bond acceptors (Lipinski definition) is 3. The fourth-order valence-corrected chi connectivity index (χ4v) is 3.27. The summed E-state index contributed by atoms with van der Waals surface area (Å²) < 4.78 is 0. The van der Waals surface area contributed by atoms with Crippen LogP contribution in [0.15, 0.2) is 41.8 Å². The molecule has 2 aromatic rings. The molecule has 1 N–H and O–H groups in total. The molecule has 2 nitrogen and oxygen atoms in total. The van der Waals surface area contributed by atoms with E-state index in [2.05, 4.69) is 72.9 Å². The van der Waals surface area contributed by atoms with Gasteiger partial charge in [-0.2, -0.15) is 0 Å². The third kappa shape index (κ3) is 4.58. The van der Waals surface area contributed by atoms with Gasteiger partial charge in [0.05, 0.1) is 0 Å². The molecular weight excluding hydrogens is 276 g/mol. The van der Waals surface area contributed by atoms with Crippen molar-refractivity contribution in [3.8, 4) is 0 Å². The largest absolute Gasteiger partial charge is 0.374 e. The highest BCUT2D eigenvalue weighted by molar-refractivity contribution is 7.09. The van der Waals surface area contributed by atoms with E-state index in [9.17, 15) is 0 Å². The predicted octanol–water partition coefficient (Wildman–Crippen LogP) is 4.49. The van der Waals surface area contributed by atoms with Gasteiger partial charge in [0, 0.05) is 30.2 Å². The van der Waals surface area contributed by atoms with Gasteiger partial charge in [-0.3, -0.25) is 0 Å². The van der Waals surface area contributed by atoms with E-state index < -0.39 is 0 Å². The lowest BCUT2D eigenvalue weighted by atomic mass is 10.0. The van der Waals surface area contributed by atoms with E-state index in [0.717, 1.165) is 25.9 Å². The Labute approximate surface area is 132 Å². The van der Waals surface area contributed by atoms with Crippen molar-refractivity contribution in [1.82, 2.24) is 5.32 Å². The molecule has 0 fully saturated rings. The molecule has 0 spiro atoms. The van der Waals surface area contributed by atoms with Crippen molar-refractivity contribution in [3.63, 3.8) is 0 Å². The standard InChI is InChI=1S/C18H26N2S/c1-4-18(19-5-2)15-8-10-16(11-9-15)20(3)13-12-17-7-6-14-21-17/h6-11,14,18-19H,4-5,12-13H2,1-3H3. The zero-order valence-electron chi connectivity index (χ0n) is 13.3. The molecule has 2 rings (SSSR count). The van der Waals surface area contributed by atoms with Gasteiger partial charge in [0.1, 0.15) is 0 Å². The van der Waals surface area contributed by atoms with Crippen LogP contribution in [-0.4, -0.2) is 20.1 Å². The molecule has 1 aromatic carbocycles. The van der Waals surface area contributed by atoms with Gasteiger partial charge in [-0.25, -0.2) is 0 Å². The first-order valence-corrected chi connectivity index (χ1v) is 8.69. The lowest BCUT2D eigenvalue weighted by molar-refractivity contribution is 0.537. The minimum absolute atomic E-state index is 0.473. The van der Waals surface area contributed by atoms with Gasteiger partial charge in [-0.1, -0.05) is 32.0 Å². The number of benzene rings is 1. The molecule has 1 unspecified atom stereocenters. The van der Waals surface area contributed by atoms with Crippen LogP contribution in [0.5, 0.6) is 0 Å². The third-order valence-electron chi connectivity index (χ3n) is 3.87. The molecule has 114 valence electrons. The molecule has 0 aliphatic rings. The molecule has 0 saturated carbocycles. The van der Waals surface area contributed by atoms with Crippen molar-refractivity contribution in [3.05, 3.63) is 52.2 Å². The fraction of sp³-hybridized carbons (Fsp3) is 0.444. The van der Waals surface area contributed by atoms with Crippen LogP contribution in [0.4, 0.5) is 5.69 Å².